The maximum atomic E-state index is 14.7. The lowest BCUT2D eigenvalue weighted by atomic mass is 9.80. The summed E-state index contributed by atoms with van der Waals surface area (Å²) in [5.41, 5.74) is -2.60. The second-order valence-electron chi connectivity index (χ2n) is 8.42. The van der Waals surface area contributed by atoms with E-state index in [0.29, 0.717) is 11.8 Å². The van der Waals surface area contributed by atoms with Gasteiger partial charge in [0.1, 0.15) is 29.9 Å². The Balaban J connectivity index is 1.62. The Morgan fingerprint density at radius 2 is 1.83 bits per heavy atom. The van der Waals surface area contributed by atoms with Crippen molar-refractivity contribution in [3.05, 3.63) is 102 Å². The number of nitrogens with zero attached hydrogens (tertiary/aromatic N) is 5. The monoisotopic (exact) mass is 503 g/mol. The molecule has 0 spiro atoms. The zero-order valence-electron chi connectivity index (χ0n) is 19.1. The first-order valence-corrected chi connectivity index (χ1v) is 10.9. The van der Waals surface area contributed by atoms with Gasteiger partial charge in [-0.25, -0.2) is 23.4 Å². The first-order chi connectivity index (χ1) is 17.1. The van der Waals surface area contributed by atoms with Gasteiger partial charge in [-0.15, -0.1) is 0 Å². The third-order valence-corrected chi connectivity index (χ3v) is 6.01. The van der Waals surface area contributed by atoms with Gasteiger partial charge in [-0.1, -0.05) is 31.2 Å². The molecular formula is C25H22F5N5O. The Labute approximate surface area is 203 Å². The summed E-state index contributed by atoms with van der Waals surface area (Å²) in [4.78, 5) is 7.67. The molecule has 6 nitrogen and oxygen atoms in total. The van der Waals surface area contributed by atoms with Crippen LogP contribution in [-0.2, 0) is 18.3 Å². The van der Waals surface area contributed by atoms with Crippen molar-refractivity contribution in [1.82, 2.24) is 24.3 Å². The van der Waals surface area contributed by atoms with Gasteiger partial charge in [-0.3, -0.25) is 0 Å². The molecule has 0 saturated carbocycles. The fraction of sp³-hybridized carbons (Fsp3) is 0.240. The van der Waals surface area contributed by atoms with E-state index in [1.54, 1.807) is 6.92 Å². The Bertz CT molecular complexity index is 1340. The first kappa shape index (κ1) is 25.2. The predicted octanol–water partition coefficient (Wildman–Crippen LogP) is 5.39. The van der Waals surface area contributed by atoms with Crippen molar-refractivity contribution in [3.63, 3.8) is 0 Å². The van der Waals surface area contributed by atoms with Crippen molar-refractivity contribution < 1.29 is 27.1 Å². The fourth-order valence-corrected chi connectivity index (χ4v) is 4.01. The maximum absolute atomic E-state index is 14.7. The van der Waals surface area contributed by atoms with E-state index in [1.165, 1.54) is 64.9 Å². The number of allylic oxidation sites excluding steroid dienone is 1. The number of aromatic nitrogens is 5. The topological polar surface area (TPSA) is 68.8 Å². The molecule has 1 N–H and O–H groups in total. The predicted molar refractivity (Wildman–Crippen MR) is 122 cm³/mol. The number of hydrogen-bond acceptors (Lipinski definition) is 4. The molecule has 2 heterocycles. The van der Waals surface area contributed by atoms with Gasteiger partial charge < -0.3 is 9.67 Å². The molecule has 36 heavy (non-hydrogen) atoms. The third-order valence-electron chi connectivity index (χ3n) is 6.01. The number of rotatable bonds is 8. The van der Waals surface area contributed by atoms with Crippen LogP contribution < -0.4 is 0 Å². The van der Waals surface area contributed by atoms with Gasteiger partial charge in [0.2, 0.25) is 0 Å². The lowest BCUT2D eigenvalue weighted by Gasteiger charge is -2.34. The van der Waals surface area contributed by atoms with E-state index in [4.69, 9.17) is 0 Å². The van der Waals surface area contributed by atoms with Crippen LogP contribution in [0.5, 0.6) is 0 Å². The molecule has 188 valence electrons. The molecular weight excluding hydrogens is 481 g/mol. The van der Waals surface area contributed by atoms with Crippen LogP contribution in [0.2, 0.25) is 0 Å². The van der Waals surface area contributed by atoms with Gasteiger partial charge in [-0.05, 0) is 36.1 Å². The molecule has 2 atom stereocenters. The number of hydrogen-bond donors (Lipinski definition) is 1. The highest BCUT2D eigenvalue weighted by Crippen LogP contribution is 2.37. The lowest BCUT2D eigenvalue weighted by Crippen LogP contribution is -2.39. The smallest absolute Gasteiger partial charge is 0.383 e. The summed E-state index contributed by atoms with van der Waals surface area (Å²) in [6.45, 7) is 1.43. The minimum atomic E-state index is -4.60. The Morgan fingerprint density at radius 3 is 2.47 bits per heavy atom. The van der Waals surface area contributed by atoms with Crippen LogP contribution in [0.25, 0.3) is 11.8 Å². The summed E-state index contributed by atoms with van der Waals surface area (Å²) in [5.74, 6) is -2.44. The highest BCUT2D eigenvalue weighted by atomic mass is 19.4. The zero-order valence-corrected chi connectivity index (χ0v) is 19.1. The average Bonchev–Trinajstić information content (AvgIpc) is 3.53. The van der Waals surface area contributed by atoms with Crippen LogP contribution >= 0.6 is 0 Å². The standard InChI is InChI=1S/C25H22F5N5O/c1-17(24(36,13-35-16-32-14-33-35)21-8-6-19(26)11-23(21)27)3-2-4-18-5-7-20(34-10-9-31-15-34)12-22(18)25(28,29)30/h2,4-12,14-17,36H,3,13H2,1H3/b4-2+/t17-,24+/m0/s1. The normalized spacial score (nSPS) is 14.8. The molecule has 0 aliphatic carbocycles. The van der Waals surface area contributed by atoms with Crippen molar-refractivity contribution in [1.29, 1.82) is 0 Å². The Morgan fingerprint density at radius 1 is 1.03 bits per heavy atom. The zero-order chi connectivity index (χ0) is 25.9. The molecule has 2 aromatic carbocycles. The van der Waals surface area contributed by atoms with Gasteiger partial charge in [0.15, 0.2) is 0 Å². The van der Waals surface area contributed by atoms with Crippen LogP contribution in [0, 0.1) is 17.6 Å². The minimum Gasteiger partial charge on any atom is -0.383 e. The van der Waals surface area contributed by atoms with Gasteiger partial charge >= 0.3 is 6.18 Å². The van der Waals surface area contributed by atoms with Crippen LogP contribution in [0.1, 0.15) is 30.0 Å². The molecule has 0 radical (unpaired) electrons. The minimum absolute atomic E-state index is 0.0636. The first-order valence-electron chi connectivity index (χ1n) is 10.9. The highest BCUT2D eigenvalue weighted by molar-refractivity contribution is 5.58. The van der Waals surface area contributed by atoms with E-state index in [9.17, 15) is 27.1 Å². The Hall–Kier alpha value is -3.86. The second kappa shape index (κ2) is 10.0. The van der Waals surface area contributed by atoms with E-state index < -0.39 is 34.9 Å². The highest BCUT2D eigenvalue weighted by Gasteiger charge is 2.38. The lowest BCUT2D eigenvalue weighted by molar-refractivity contribution is -0.137. The second-order valence-corrected chi connectivity index (χ2v) is 8.42. The van der Waals surface area contributed by atoms with Gasteiger partial charge in [0, 0.05) is 29.7 Å². The van der Waals surface area contributed by atoms with Crippen molar-refractivity contribution in [2.45, 2.75) is 31.7 Å². The van der Waals surface area contributed by atoms with E-state index in [1.807, 2.05) is 0 Å². The number of alkyl halides is 3. The third kappa shape index (κ3) is 5.35. The Kier molecular flexibility index (Phi) is 7.02. The van der Waals surface area contributed by atoms with Crippen molar-refractivity contribution in [2.24, 2.45) is 5.92 Å². The summed E-state index contributed by atoms with van der Waals surface area (Å²) in [5, 5.41) is 15.5. The fourth-order valence-electron chi connectivity index (χ4n) is 4.01. The summed E-state index contributed by atoms with van der Waals surface area (Å²) < 4.78 is 72.2. The van der Waals surface area contributed by atoms with Crippen LogP contribution in [0.4, 0.5) is 22.0 Å². The van der Waals surface area contributed by atoms with Crippen molar-refractivity contribution >= 4 is 6.08 Å². The molecule has 0 bridgehead atoms. The van der Waals surface area contributed by atoms with Gasteiger partial charge in [0.25, 0.3) is 0 Å². The molecule has 0 amide bonds. The summed E-state index contributed by atoms with van der Waals surface area (Å²) in [6.07, 6.45) is 5.27. The van der Waals surface area contributed by atoms with E-state index in [0.717, 1.165) is 18.2 Å². The SMILES string of the molecule is C[C@@H](C/C=C/c1ccc(-n2ccnc2)cc1C(F)(F)F)[C@](O)(Cn1cncn1)c1ccc(F)cc1F. The molecule has 0 fully saturated rings. The van der Waals surface area contributed by atoms with Crippen molar-refractivity contribution in [2.75, 3.05) is 0 Å². The molecule has 11 heteroatoms. The number of imidazole rings is 1. The maximum Gasteiger partial charge on any atom is 0.417 e. The van der Waals surface area contributed by atoms with Crippen molar-refractivity contribution in [3.8, 4) is 5.69 Å². The number of benzene rings is 2. The van der Waals surface area contributed by atoms with E-state index in [-0.39, 0.29) is 24.1 Å². The number of halogens is 5. The summed E-state index contributed by atoms with van der Waals surface area (Å²) in [6, 6.07) is 6.76. The molecule has 0 saturated heterocycles. The largest absolute Gasteiger partial charge is 0.417 e. The van der Waals surface area contributed by atoms with Crippen LogP contribution in [-0.4, -0.2) is 29.4 Å². The molecule has 4 rings (SSSR count). The van der Waals surface area contributed by atoms with Gasteiger partial charge in [-0.2, -0.15) is 18.3 Å². The van der Waals surface area contributed by atoms with Crippen LogP contribution in [0.15, 0.2) is 73.8 Å². The molecule has 0 unspecified atom stereocenters. The summed E-state index contributed by atoms with van der Waals surface area (Å²) in [7, 11) is 0. The van der Waals surface area contributed by atoms with Gasteiger partial charge in [0.05, 0.1) is 18.4 Å². The molecule has 2 aromatic heterocycles. The molecule has 0 aliphatic rings. The van der Waals surface area contributed by atoms with Crippen LogP contribution in [0.3, 0.4) is 0 Å². The molecule has 4 aromatic rings. The molecule has 0 aliphatic heterocycles. The summed E-state index contributed by atoms with van der Waals surface area (Å²) >= 11 is 0. The quantitative estimate of drug-likeness (QED) is 0.328. The van der Waals surface area contributed by atoms with E-state index >= 15 is 0 Å². The van der Waals surface area contributed by atoms with E-state index in [2.05, 4.69) is 15.1 Å². The average molecular weight is 503 g/mol. The number of aliphatic hydroxyl groups is 1.